The third kappa shape index (κ3) is 6.39. The number of hydrogen-bond donors (Lipinski definition) is 0. The van der Waals surface area contributed by atoms with Gasteiger partial charge in [0.25, 0.3) is 5.91 Å². The van der Waals surface area contributed by atoms with Crippen LogP contribution in [0.3, 0.4) is 0 Å². The lowest BCUT2D eigenvalue weighted by atomic mass is 9.79. The van der Waals surface area contributed by atoms with Crippen molar-refractivity contribution in [1.29, 1.82) is 0 Å². The van der Waals surface area contributed by atoms with Gasteiger partial charge >= 0.3 is 0 Å². The van der Waals surface area contributed by atoms with Crippen LogP contribution in [0.5, 0.6) is 0 Å². The maximum absolute atomic E-state index is 14.3. The molecular formula is C22H26FNO3S. The monoisotopic (exact) mass is 403 g/mol. The highest BCUT2D eigenvalue weighted by molar-refractivity contribution is 8.10. The van der Waals surface area contributed by atoms with Gasteiger partial charge in [0.1, 0.15) is 6.54 Å². The van der Waals surface area contributed by atoms with Crippen molar-refractivity contribution in [3.63, 3.8) is 0 Å². The number of amides is 1. The van der Waals surface area contributed by atoms with E-state index in [0.717, 1.165) is 10.5 Å². The topological polar surface area (TPSA) is 46.6 Å². The normalized spacial score (nSPS) is 14.1. The van der Waals surface area contributed by atoms with Gasteiger partial charge in [0.05, 0.1) is 12.0 Å². The van der Waals surface area contributed by atoms with Gasteiger partial charge in [-0.3, -0.25) is 9.59 Å². The van der Waals surface area contributed by atoms with E-state index in [1.54, 1.807) is 6.92 Å². The fraction of sp³-hybridized carbons (Fsp3) is 0.318. The molecule has 0 aliphatic rings. The summed E-state index contributed by atoms with van der Waals surface area (Å²) in [6.07, 6.45) is 0.662. The molecule has 0 spiro atoms. The minimum Gasteiger partial charge on any atom is -0.319 e. The van der Waals surface area contributed by atoms with Crippen LogP contribution in [-0.4, -0.2) is 35.8 Å². The summed E-state index contributed by atoms with van der Waals surface area (Å²) in [4.78, 5) is 25.0. The molecule has 2 rings (SSSR count). The average molecular weight is 404 g/mol. The van der Waals surface area contributed by atoms with Crippen molar-refractivity contribution in [2.45, 2.75) is 31.6 Å². The van der Waals surface area contributed by atoms with Crippen molar-refractivity contribution in [2.75, 3.05) is 13.2 Å². The van der Waals surface area contributed by atoms with E-state index in [2.05, 4.69) is 5.87 Å². The molecule has 2 atom stereocenters. The summed E-state index contributed by atoms with van der Waals surface area (Å²) in [5.74, 6) is 2.91. The van der Waals surface area contributed by atoms with E-state index >= 15 is 0 Å². The van der Waals surface area contributed by atoms with Gasteiger partial charge in [0.2, 0.25) is 0 Å². The van der Waals surface area contributed by atoms with Crippen molar-refractivity contribution in [3.05, 3.63) is 66.2 Å². The molecule has 0 bridgehead atoms. The predicted octanol–water partition coefficient (Wildman–Crippen LogP) is 4.62. The molecule has 0 saturated heterocycles. The van der Waals surface area contributed by atoms with Gasteiger partial charge in [0.15, 0.2) is 5.78 Å². The Labute approximate surface area is 168 Å². The number of hydrogen-bond acceptors (Lipinski definition) is 3. The Balaban J connectivity index is 2.10. The summed E-state index contributed by atoms with van der Waals surface area (Å²) in [7, 11) is -0.670. The largest absolute Gasteiger partial charge is 0.319 e. The molecule has 0 aliphatic heterocycles. The maximum atomic E-state index is 14.3. The Bertz CT molecular complexity index is 813. The Hall–Kier alpha value is -2.31. The molecule has 2 aromatic carbocycles. The summed E-state index contributed by atoms with van der Waals surface area (Å²) in [6, 6.07) is 19.0. The lowest BCUT2D eigenvalue weighted by molar-refractivity contribution is -0.160. The van der Waals surface area contributed by atoms with Gasteiger partial charge in [-0.2, -0.15) is 5.12 Å². The van der Waals surface area contributed by atoms with E-state index < -0.39 is 34.4 Å². The fourth-order valence-electron chi connectivity index (χ4n) is 2.89. The molecule has 0 heterocycles. The number of carbonyl (C=O) groups excluding carboxylic acids is 2. The average Bonchev–Trinajstić information content (AvgIpc) is 2.68. The molecular weight excluding hydrogens is 377 g/mol. The number of halogens is 1. The summed E-state index contributed by atoms with van der Waals surface area (Å²) in [5, 5.41) is 0.0203. The third-order valence-electron chi connectivity index (χ3n) is 4.42. The van der Waals surface area contributed by atoms with Crippen LogP contribution >= 0.6 is 10.8 Å². The smallest absolute Gasteiger partial charge is 0.256 e. The van der Waals surface area contributed by atoms with Crippen molar-refractivity contribution < 1.29 is 18.3 Å². The first-order chi connectivity index (χ1) is 13.3. The van der Waals surface area contributed by atoms with Gasteiger partial charge in [-0.05, 0) is 54.1 Å². The van der Waals surface area contributed by atoms with Crippen LogP contribution in [-0.2, 0) is 20.2 Å². The SMILES string of the molecule is C=S(OCCC(C)(Cc1ccccc1)C(=O)N(F)CC(C)=O)c1ccccc1. The second-order valence-electron chi connectivity index (χ2n) is 6.98. The summed E-state index contributed by atoms with van der Waals surface area (Å²) < 4.78 is 20.1. The molecule has 0 saturated carbocycles. The van der Waals surface area contributed by atoms with Crippen LogP contribution < -0.4 is 0 Å². The van der Waals surface area contributed by atoms with Crippen molar-refractivity contribution >= 4 is 28.3 Å². The molecule has 4 nitrogen and oxygen atoms in total. The van der Waals surface area contributed by atoms with E-state index in [9.17, 15) is 14.1 Å². The van der Waals surface area contributed by atoms with Crippen LogP contribution in [0.25, 0.3) is 0 Å². The quantitative estimate of drug-likeness (QED) is 0.430. The fourth-order valence-corrected chi connectivity index (χ4v) is 3.77. The molecule has 150 valence electrons. The minimum absolute atomic E-state index is 0.0203. The predicted molar refractivity (Wildman–Crippen MR) is 112 cm³/mol. The Kier molecular flexibility index (Phi) is 8.08. The van der Waals surface area contributed by atoms with E-state index in [-0.39, 0.29) is 11.7 Å². The molecule has 1 amide bonds. The van der Waals surface area contributed by atoms with Gasteiger partial charge < -0.3 is 4.18 Å². The number of carbonyl (C=O) groups is 2. The van der Waals surface area contributed by atoms with Crippen molar-refractivity contribution in [3.8, 4) is 0 Å². The van der Waals surface area contributed by atoms with Gasteiger partial charge in [-0.15, -0.1) is 0 Å². The highest BCUT2D eigenvalue weighted by Crippen LogP contribution is 2.32. The van der Waals surface area contributed by atoms with Crippen LogP contribution in [0.2, 0.25) is 0 Å². The highest BCUT2D eigenvalue weighted by atomic mass is 32.2. The van der Waals surface area contributed by atoms with E-state index in [1.807, 2.05) is 60.7 Å². The molecule has 0 aliphatic carbocycles. The minimum atomic E-state index is -1.04. The zero-order chi connectivity index (χ0) is 20.6. The van der Waals surface area contributed by atoms with Crippen LogP contribution in [0.4, 0.5) is 4.48 Å². The van der Waals surface area contributed by atoms with E-state index in [4.69, 9.17) is 4.18 Å². The van der Waals surface area contributed by atoms with E-state index in [1.165, 1.54) is 6.92 Å². The number of nitrogens with zero attached hydrogens (tertiary/aromatic N) is 1. The molecule has 6 heteroatoms. The first-order valence-corrected chi connectivity index (χ1v) is 10.4. The number of ketones is 1. The summed E-state index contributed by atoms with van der Waals surface area (Å²) in [6.45, 7) is 2.67. The Morgan fingerprint density at radius 1 is 1.11 bits per heavy atom. The maximum Gasteiger partial charge on any atom is 0.256 e. The first-order valence-electron chi connectivity index (χ1n) is 9.05. The zero-order valence-electron chi connectivity index (χ0n) is 16.3. The van der Waals surface area contributed by atoms with E-state index in [0.29, 0.717) is 12.8 Å². The summed E-state index contributed by atoms with van der Waals surface area (Å²) in [5.41, 5.74) is -0.113. The molecule has 0 radical (unpaired) electrons. The lowest BCUT2D eigenvalue weighted by Gasteiger charge is -2.30. The van der Waals surface area contributed by atoms with Crippen LogP contribution in [0.1, 0.15) is 25.8 Å². The number of rotatable bonds is 10. The second-order valence-corrected chi connectivity index (χ2v) is 8.38. The lowest BCUT2D eigenvalue weighted by Crippen LogP contribution is -2.42. The molecule has 0 N–H and O–H groups in total. The van der Waals surface area contributed by atoms with Crippen molar-refractivity contribution in [2.24, 2.45) is 5.41 Å². The molecule has 2 unspecified atom stereocenters. The van der Waals surface area contributed by atoms with Gasteiger partial charge in [-0.1, -0.05) is 59.9 Å². The standard InChI is InChI=1S/C22H26FNO3S/c1-18(25)17-24(23)21(26)22(2,16-19-10-6-4-7-11-19)14-15-27-28(3)20-12-8-5-9-13-20/h4-13H,3,14-17H2,1-2H3. The zero-order valence-corrected chi connectivity index (χ0v) is 17.1. The van der Waals surface area contributed by atoms with Gasteiger partial charge in [0, 0.05) is 4.90 Å². The molecule has 2 aromatic rings. The highest BCUT2D eigenvalue weighted by Gasteiger charge is 2.37. The first kappa shape index (κ1) is 22.0. The van der Waals surface area contributed by atoms with Crippen molar-refractivity contribution in [1.82, 2.24) is 5.12 Å². The van der Waals surface area contributed by atoms with Gasteiger partial charge in [-0.25, -0.2) is 0 Å². The molecule has 0 aromatic heterocycles. The number of benzene rings is 2. The summed E-state index contributed by atoms with van der Waals surface area (Å²) >= 11 is 0. The van der Waals surface area contributed by atoms with Crippen LogP contribution in [0.15, 0.2) is 65.6 Å². The van der Waals surface area contributed by atoms with Crippen LogP contribution in [0, 0.1) is 5.41 Å². The Morgan fingerprint density at radius 3 is 2.25 bits per heavy atom. The second kappa shape index (κ2) is 10.3. The number of Topliss-reactive ketones (excluding diaryl/α,β-unsaturated/α-hetero) is 1. The molecule has 28 heavy (non-hydrogen) atoms. The Morgan fingerprint density at radius 2 is 1.68 bits per heavy atom. The molecule has 0 fully saturated rings. The third-order valence-corrected chi connectivity index (χ3v) is 5.67.